The average molecular weight is 337 g/mol. The van der Waals surface area contributed by atoms with E-state index in [1.807, 2.05) is 30.7 Å². The van der Waals surface area contributed by atoms with E-state index in [0.717, 1.165) is 59.7 Å². The van der Waals surface area contributed by atoms with E-state index in [1.54, 1.807) is 0 Å². The van der Waals surface area contributed by atoms with E-state index < -0.39 is 0 Å². The standard InChI is InChI=1S/C20H23N3O2/c1-12-9-16(10-13(2)17(12)11-21)25-20-18(14-3-4-14)22-23(7-8-24)19(20)15-5-6-15/h9-10,14-15,24H,3-8H2,1-2H3. The van der Waals surface area contributed by atoms with Crippen molar-refractivity contribution in [3.8, 4) is 17.6 Å². The molecule has 130 valence electrons. The van der Waals surface area contributed by atoms with Crippen LogP contribution in [-0.4, -0.2) is 21.5 Å². The van der Waals surface area contributed by atoms with Crippen LogP contribution in [-0.2, 0) is 6.54 Å². The first-order valence-electron chi connectivity index (χ1n) is 9.03. The molecule has 5 heteroatoms. The molecule has 25 heavy (non-hydrogen) atoms. The molecule has 0 saturated heterocycles. The average Bonchev–Trinajstić information content (AvgIpc) is 3.47. The summed E-state index contributed by atoms with van der Waals surface area (Å²) in [7, 11) is 0. The summed E-state index contributed by atoms with van der Waals surface area (Å²) in [6, 6.07) is 6.12. The van der Waals surface area contributed by atoms with E-state index in [2.05, 4.69) is 6.07 Å². The molecule has 1 heterocycles. The molecule has 1 aromatic heterocycles. The van der Waals surface area contributed by atoms with Crippen LogP contribution in [0.3, 0.4) is 0 Å². The lowest BCUT2D eigenvalue weighted by Crippen LogP contribution is -2.08. The lowest BCUT2D eigenvalue weighted by Gasteiger charge is -2.12. The van der Waals surface area contributed by atoms with Crippen LogP contribution in [0.2, 0.25) is 0 Å². The largest absolute Gasteiger partial charge is 0.453 e. The number of rotatable bonds is 6. The van der Waals surface area contributed by atoms with Gasteiger partial charge in [0.2, 0.25) is 0 Å². The maximum Gasteiger partial charge on any atom is 0.172 e. The number of ether oxygens (including phenoxy) is 1. The Kier molecular flexibility index (Phi) is 4.01. The lowest BCUT2D eigenvalue weighted by atomic mass is 10.0. The van der Waals surface area contributed by atoms with E-state index in [9.17, 15) is 10.4 Å². The molecule has 4 rings (SSSR count). The minimum absolute atomic E-state index is 0.0834. The smallest absolute Gasteiger partial charge is 0.172 e. The summed E-state index contributed by atoms with van der Waals surface area (Å²) in [6.45, 7) is 4.48. The summed E-state index contributed by atoms with van der Waals surface area (Å²) in [5.74, 6) is 2.62. The number of aliphatic hydroxyl groups excluding tert-OH is 1. The highest BCUT2D eigenvalue weighted by molar-refractivity contribution is 5.51. The maximum absolute atomic E-state index is 9.39. The molecule has 0 aliphatic heterocycles. The fourth-order valence-corrected chi connectivity index (χ4v) is 3.50. The van der Waals surface area contributed by atoms with Crippen LogP contribution >= 0.6 is 0 Å². The molecule has 1 aromatic carbocycles. The van der Waals surface area contributed by atoms with Crippen molar-refractivity contribution >= 4 is 0 Å². The molecule has 2 aliphatic rings. The molecular weight excluding hydrogens is 314 g/mol. The molecule has 0 unspecified atom stereocenters. The van der Waals surface area contributed by atoms with Crippen molar-refractivity contribution in [1.29, 1.82) is 5.26 Å². The number of hydrogen-bond donors (Lipinski definition) is 1. The lowest BCUT2D eigenvalue weighted by molar-refractivity contribution is 0.266. The van der Waals surface area contributed by atoms with Gasteiger partial charge in [-0.1, -0.05) is 0 Å². The highest BCUT2D eigenvalue weighted by Gasteiger charge is 2.38. The zero-order valence-electron chi connectivity index (χ0n) is 14.7. The number of nitrogens with zero attached hydrogens (tertiary/aromatic N) is 3. The van der Waals surface area contributed by atoms with Gasteiger partial charge in [0, 0.05) is 11.8 Å². The summed E-state index contributed by atoms with van der Waals surface area (Å²) in [5.41, 5.74) is 4.75. The van der Waals surface area contributed by atoms with Crippen LogP contribution in [0.1, 0.15) is 65.6 Å². The molecule has 0 bridgehead atoms. The van der Waals surface area contributed by atoms with Crippen molar-refractivity contribution in [2.45, 2.75) is 57.9 Å². The molecule has 0 amide bonds. The van der Waals surface area contributed by atoms with Gasteiger partial charge in [-0.3, -0.25) is 4.68 Å². The molecule has 1 N–H and O–H groups in total. The third-order valence-corrected chi connectivity index (χ3v) is 5.05. The minimum atomic E-state index is 0.0834. The second-order valence-electron chi connectivity index (χ2n) is 7.24. The van der Waals surface area contributed by atoms with Crippen molar-refractivity contribution in [2.75, 3.05) is 6.61 Å². The Balaban J connectivity index is 1.76. The van der Waals surface area contributed by atoms with Crippen molar-refractivity contribution in [3.63, 3.8) is 0 Å². The second-order valence-corrected chi connectivity index (χ2v) is 7.24. The Morgan fingerprint density at radius 2 is 1.84 bits per heavy atom. The third-order valence-electron chi connectivity index (χ3n) is 5.05. The van der Waals surface area contributed by atoms with Gasteiger partial charge in [0.15, 0.2) is 5.75 Å². The Morgan fingerprint density at radius 1 is 1.20 bits per heavy atom. The minimum Gasteiger partial charge on any atom is -0.453 e. The SMILES string of the molecule is Cc1cc(Oc2c(C3CC3)nn(CCO)c2C2CC2)cc(C)c1C#N. The van der Waals surface area contributed by atoms with Gasteiger partial charge in [-0.15, -0.1) is 0 Å². The molecule has 0 atom stereocenters. The van der Waals surface area contributed by atoms with E-state index >= 15 is 0 Å². The zero-order valence-corrected chi connectivity index (χ0v) is 14.7. The quantitative estimate of drug-likeness (QED) is 0.867. The van der Waals surface area contributed by atoms with E-state index in [1.165, 1.54) is 0 Å². The summed E-state index contributed by atoms with van der Waals surface area (Å²) in [4.78, 5) is 0. The Bertz CT molecular complexity index is 832. The summed E-state index contributed by atoms with van der Waals surface area (Å²) < 4.78 is 8.31. The number of benzene rings is 1. The molecular formula is C20H23N3O2. The first-order chi connectivity index (χ1) is 12.1. The second kappa shape index (κ2) is 6.20. The Labute approximate surface area is 147 Å². The fraction of sp³-hybridized carbons (Fsp3) is 0.500. The van der Waals surface area contributed by atoms with Crippen LogP contribution in [0.25, 0.3) is 0 Å². The van der Waals surface area contributed by atoms with E-state index in [0.29, 0.717) is 23.9 Å². The molecule has 2 fully saturated rings. The normalized spacial score (nSPS) is 16.7. The van der Waals surface area contributed by atoms with Crippen molar-refractivity contribution in [3.05, 3.63) is 40.2 Å². The van der Waals surface area contributed by atoms with Crippen molar-refractivity contribution < 1.29 is 9.84 Å². The molecule has 5 nitrogen and oxygen atoms in total. The first-order valence-corrected chi connectivity index (χ1v) is 9.03. The zero-order chi connectivity index (χ0) is 17.6. The molecule has 0 radical (unpaired) electrons. The van der Waals surface area contributed by atoms with Gasteiger partial charge in [-0.05, 0) is 62.8 Å². The highest BCUT2D eigenvalue weighted by Crippen LogP contribution is 2.52. The van der Waals surface area contributed by atoms with Gasteiger partial charge in [0.25, 0.3) is 0 Å². The third kappa shape index (κ3) is 3.03. The van der Waals surface area contributed by atoms with Gasteiger partial charge < -0.3 is 9.84 Å². The summed E-state index contributed by atoms with van der Waals surface area (Å²) in [5, 5.41) is 23.4. The van der Waals surface area contributed by atoms with Crippen molar-refractivity contribution in [1.82, 2.24) is 9.78 Å². The summed E-state index contributed by atoms with van der Waals surface area (Å²) >= 11 is 0. The number of aliphatic hydroxyl groups is 1. The van der Waals surface area contributed by atoms with Gasteiger partial charge in [-0.25, -0.2) is 0 Å². The Hall–Kier alpha value is -2.32. The molecule has 2 aliphatic carbocycles. The predicted molar refractivity (Wildman–Crippen MR) is 94.0 cm³/mol. The molecule has 2 aromatic rings. The number of nitriles is 1. The van der Waals surface area contributed by atoms with Crippen LogP contribution in [0.5, 0.6) is 11.5 Å². The number of aromatic nitrogens is 2. The highest BCUT2D eigenvalue weighted by atomic mass is 16.5. The van der Waals surface area contributed by atoms with E-state index in [4.69, 9.17) is 9.84 Å². The molecule has 2 saturated carbocycles. The van der Waals surface area contributed by atoms with Crippen molar-refractivity contribution in [2.24, 2.45) is 0 Å². The van der Waals surface area contributed by atoms with Gasteiger partial charge >= 0.3 is 0 Å². The first kappa shape index (κ1) is 16.2. The Morgan fingerprint density at radius 3 is 2.36 bits per heavy atom. The fourth-order valence-electron chi connectivity index (χ4n) is 3.50. The predicted octanol–water partition coefficient (Wildman–Crippen LogP) is 3.91. The number of hydrogen-bond acceptors (Lipinski definition) is 4. The topological polar surface area (TPSA) is 71.1 Å². The van der Waals surface area contributed by atoms with Crippen LogP contribution in [0, 0.1) is 25.2 Å². The van der Waals surface area contributed by atoms with Crippen LogP contribution < -0.4 is 4.74 Å². The maximum atomic E-state index is 9.39. The van der Waals surface area contributed by atoms with E-state index in [-0.39, 0.29) is 6.61 Å². The summed E-state index contributed by atoms with van der Waals surface area (Å²) in [6.07, 6.45) is 4.62. The monoisotopic (exact) mass is 337 g/mol. The van der Waals surface area contributed by atoms with Crippen LogP contribution in [0.15, 0.2) is 12.1 Å². The number of aryl methyl sites for hydroxylation is 2. The van der Waals surface area contributed by atoms with Gasteiger partial charge in [-0.2, -0.15) is 10.4 Å². The molecule has 0 spiro atoms. The van der Waals surface area contributed by atoms with Crippen LogP contribution in [0.4, 0.5) is 0 Å². The van der Waals surface area contributed by atoms with Gasteiger partial charge in [0.1, 0.15) is 11.4 Å². The van der Waals surface area contributed by atoms with Gasteiger partial charge in [0.05, 0.1) is 30.5 Å².